The lowest BCUT2D eigenvalue weighted by Gasteiger charge is -2.16. The van der Waals surface area contributed by atoms with E-state index >= 15 is 0 Å². The number of ether oxygens (including phenoxy) is 2. The van der Waals surface area contributed by atoms with Crippen molar-refractivity contribution in [3.8, 4) is 22.9 Å². The third-order valence-electron chi connectivity index (χ3n) is 5.90. The molecule has 0 radical (unpaired) electrons. The molecule has 0 unspecified atom stereocenters. The second-order valence-electron chi connectivity index (χ2n) is 8.15. The van der Waals surface area contributed by atoms with Crippen molar-refractivity contribution in [1.29, 1.82) is 5.26 Å². The average molecular weight is 455 g/mol. The highest BCUT2D eigenvalue weighted by Gasteiger charge is 2.14. The topological polar surface area (TPSA) is 83.0 Å². The summed E-state index contributed by atoms with van der Waals surface area (Å²) >= 11 is 0. The van der Waals surface area contributed by atoms with Gasteiger partial charge in [0.25, 0.3) is 0 Å². The Morgan fingerprint density at radius 2 is 1.82 bits per heavy atom. The summed E-state index contributed by atoms with van der Waals surface area (Å²) in [6, 6.07) is 16.4. The van der Waals surface area contributed by atoms with Crippen LogP contribution in [0.15, 0.2) is 61.1 Å². The molecule has 4 rings (SSSR count). The van der Waals surface area contributed by atoms with Crippen molar-refractivity contribution >= 4 is 22.3 Å². The Balaban J connectivity index is 1.50. The molecule has 0 saturated carbocycles. The molecule has 174 valence electrons. The van der Waals surface area contributed by atoms with Gasteiger partial charge in [-0.25, -0.2) is 0 Å². The molecule has 2 N–H and O–H groups in total. The van der Waals surface area contributed by atoms with E-state index in [-0.39, 0.29) is 0 Å². The first-order chi connectivity index (χ1) is 16.7. The number of nitrogens with one attached hydrogen (secondary N) is 2. The fourth-order valence-corrected chi connectivity index (χ4v) is 4.00. The third kappa shape index (κ3) is 5.38. The summed E-state index contributed by atoms with van der Waals surface area (Å²) < 4.78 is 11.3. The first-order valence-electron chi connectivity index (χ1n) is 11.7. The van der Waals surface area contributed by atoms with Crippen molar-refractivity contribution in [2.75, 3.05) is 25.1 Å². The number of nitrogens with zero attached hydrogens (tertiary/aromatic N) is 2. The van der Waals surface area contributed by atoms with Gasteiger partial charge < -0.3 is 19.8 Å². The summed E-state index contributed by atoms with van der Waals surface area (Å²) in [5.41, 5.74) is 6.25. The Kier molecular flexibility index (Phi) is 7.79. The molecular weight excluding hydrogens is 424 g/mol. The normalized spacial score (nSPS) is 10.9. The van der Waals surface area contributed by atoms with E-state index in [9.17, 15) is 5.26 Å². The molecule has 0 aliphatic heterocycles. The fraction of sp³-hybridized carbons (Fsp3) is 0.286. The monoisotopic (exact) mass is 454 g/mol. The van der Waals surface area contributed by atoms with E-state index in [1.54, 1.807) is 12.4 Å². The predicted octanol–water partition coefficient (Wildman–Crippen LogP) is 6.74. The molecule has 4 aromatic rings. The number of aromatic nitrogens is 2. The molecule has 0 aliphatic rings. The van der Waals surface area contributed by atoms with Crippen LogP contribution in [0, 0.1) is 18.3 Å². The smallest absolute Gasteiger partial charge is 0.119 e. The van der Waals surface area contributed by atoms with Crippen LogP contribution in [0.4, 0.5) is 11.4 Å². The van der Waals surface area contributed by atoms with Crippen molar-refractivity contribution in [2.45, 2.75) is 33.1 Å². The molecular formula is C28H30N4O2. The molecule has 0 bridgehead atoms. The number of rotatable bonds is 11. The van der Waals surface area contributed by atoms with Gasteiger partial charge in [0.2, 0.25) is 0 Å². The first kappa shape index (κ1) is 23.3. The molecule has 6 heteroatoms. The molecule has 0 fully saturated rings. The lowest BCUT2D eigenvalue weighted by Crippen LogP contribution is -2.00. The zero-order valence-electron chi connectivity index (χ0n) is 19.7. The number of aromatic amines is 1. The Labute approximate surface area is 200 Å². The highest BCUT2D eigenvalue weighted by Crippen LogP contribution is 2.35. The van der Waals surface area contributed by atoms with Crippen LogP contribution in [0.25, 0.3) is 22.0 Å². The van der Waals surface area contributed by atoms with Crippen molar-refractivity contribution < 1.29 is 9.47 Å². The fourth-order valence-electron chi connectivity index (χ4n) is 4.00. The Morgan fingerprint density at radius 3 is 2.62 bits per heavy atom. The van der Waals surface area contributed by atoms with Crippen LogP contribution in [0.1, 0.15) is 37.3 Å². The van der Waals surface area contributed by atoms with Gasteiger partial charge in [0.15, 0.2) is 0 Å². The molecule has 2 heterocycles. The number of hydrogen-bond acceptors (Lipinski definition) is 5. The maximum Gasteiger partial charge on any atom is 0.119 e. The highest BCUT2D eigenvalue weighted by molar-refractivity contribution is 5.91. The van der Waals surface area contributed by atoms with Crippen molar-refractivity contribution in [3.63, 3.8) is 0 Å². The van der Waals surface area contributed by atoms with E-state index in [2.05, 4.69) is 34.3 Å². The van der Waals surface area contributed by atoms with E-state index in [1.807, 2.05) is 49.5 Å². The number of unbranched alkanes of at least 4 members (excludes halogenated alkanes) is 2. The minimum absolute atomic E-state index is 0.499. The number of aryl methyl sites for hydroxylation is 1. The standard InChI is InChI=1S/C28H30N4O2/c1-3-33-15-5-4-6-16-34-23-9-7-21(8-10-23)25-19-30-18-22(17-29)28(25)32-26-11-12-27-24(20(26)2)13-14-31-27/h7-14,18-19,31H,3-6,15-16H2,1-2H3,(H,30,32). The van der Waals surface area contributed by atoms with Crippen LogP contribution in [-0.4, -0.2) is 29.8 Å². The Morgan fingerprint density at radius 1 is 1.00 bits per heavy atom. The molecule has 34 heavy (non-hydrogen) atoms. The van der Waals surface area contributed by atoms with E-state index in [1.165, 1.54) is 0 Å². The van der Waals surface area contributed by atoms with Crippen LogP contribution in [0.5, 0.6) is 5.75 Å². The van der Waals surface area contributed by atoms with Crippen molar-refractivity contribution in [3.05, 3.63) is 72.2 Å². The second-order valence-corrected chi connectivity index (χ2v) is 8.15. The van der Waals surface area contributed by atoms with E-state index in [0.717, 1.165) is 77.2 Å². The SMILES string of the molecule is CCOCCCCCOc1ccc(-c2cncc(C#N)c2Nc2ccc3[nH]ccc3c2C)cc1. The Bertz CT molecular complexity index is 1270. The maximum absolute atomic E-state index is 9.75. The largest absolute Gasteiger partial charge is 0.494 e. The van der Waals surface area contributed by atoms with E-state index in [0.29, 0.717) is 12.2 Å². The minimum atomic E-state index is 0.499. The van der Waals surface area contributed by atoms with Crippen LogP contribution in [-0.2, 0) is 4.74 Å². The van der Waals surface area contributed by atoms with E-state index in [4.69, 9.17) is 9.47 Å². The second kappa shape index (κ2) is 11.4. The van der Waals surface area contributed by atoms with Crippen LogP contribution in [0.2, 0.25) is 0 Å². The number of benzene rings is 2. The predicted molar refractivity (Wildman–Crippen MR) is 137 cm³/mol. The van der Waals surface area contributed by atoms with Gasteiger partial charge in [0, 0.05) is 54.0 Å². The number of H-pyrrole nitrogens is 1. The van der Waals surface area contributed by atoms with Gasteiger partial charge in [-0.1, -0.05) is 12.1 Å². The molecule has 0 spiro atoms. The summed E-state index contributed by atoms with van der Waals surface area (Å²) in [7, 11) is 0. The summed E-state index contributed by atoms with van der Waals surface area (Å²) in [4.78, 5) is 7.54. The molecule has 2 aromatic heterocycles. The van der Waals surface area contributed by atoms with Gasteiger partial charge >= 0.3 is 0 Å². The maximum atomic E-state index is 9.75. The lowest BCUT2D eigenvalue weighted by atomic mass is 10.0. The number of nitriles is 1. The quantitative estimate of drug-likeness (QED) is 0.245. The van der Waals surface area contributed by atoms with E-state index < -0.39 is 0 Å². The summed E-state index contributed by atoms with van der Waals surface area (Å²) in [5, 5.41) is 14.4. The number of hydrogen-bond donors (Lipinski definition) is 2. The molecule has 6 nitrogen and oxygen atoms in total. The minimum Gasteiger partial charge on any atom is -0.494 e. The third-order valence-corrected chi connectivity index (χ3v) is 5.90. The van der Waals surface area contributed by atoms with Gasteiger partial charge in [-0.15, -0.1) is 0 Å². The summed E-state index contributed by atoms with van der Waals surface area (Å²) in [5.74, 6) is 0.834. The number of fused-ring (bicyclic) bond motifs is 1. The van der Waals surface area contributed by atoms with Gasteiger partial charge in [0.05, 0.1) is 17.9 Å². The molecule has 0 saturated heterocycles. The average Bonchev–Trinajstić information content (AvgIpc) is 3.35. The molecule has 2 aromatic carbocycles. The lowest BCUT2D eigenvalue weighted by molar-refractivity contribution is 0.141. The summed E-state index contributed by atoms with van der Waals surface area (Å²) in [6.45, 7) is 6.37. The van der Waals surface area contributed by atoms with Gasteiger partial charge in [-0.2, -0.15) is 5.26 Å². The van der Waals surface area contributed by atoms with Crippen LogP contribution in [0.3, 0.4) is 0 Å². The van der Waals surface area contributed by atoms with Gasteiger partial charge in [0.1, 0.15) is 11.8 Å². The van der Waals surface area contributed by atoms with Crippen LogP contribution >= 0.6 is 0 Å². The Hall–Kier alpha value is -3.82. The van der Waals surface area contributed by atoms with Crippen LogP contribution < -0.4 is 10.1 Å². The zero-order chi connectivity index (χ0) is 23.8. The molecule has 0 atom stereocenters. The van der Waals surface area contributed by atoms with Gasteiger partial charge in [-0.05, 0) is 74.6 Å². The van der Waals surface area contributed by atoms with Gasteiger partial charge in [-0.3, -0.25) is 4.98 Å². The molecule has 0 aliphatic carbocycles. The zero-order valence-corrected chi connectivity index (χ0v) is 19.7. The summed E-state index contributed by atoms with van der Waals surface area (Å²) in [6.07, 6.45) is 8.48. The van der Waals surface area contributed by atoms with Crippen molar-refractivity contribution in [2.24, 2.45) is 0 Å². The van der Waals surface area contributed by atoms with Crippen molar-refractivity contribution in [1.82, 2.24) is 9.97 Å². The first-order valence-corrected chi connectivity index (χ1v) is 11.7. The molecule has 0 amide bonds. The highest BCUT2D eigenvalue weighted by atomic mass is 16.5. The number of pyridine rings is 1. The number of anilines is 2.